The van der Waals surface area contributed by atoms with Gasteiger partial charge in [-0.05, 0) is 36.2 Å². The second kappa shape index (κ2) is 10.3. The molecule has 146 valence electrons. The Morgan fingerprint density at radius 2 is 1.79 bits per heavy atom. The molecule has 5 nitrogen and oxygen atoms in total. The van der Waals surface area contributed by atoms with Crippen LogP contribution < -0.4 is 10.1 Å². The van der Waals surface area contributed by atoms with E-state index in [1.165, 1.54) is 0 Å². The number of carbonyl (C=O) groups is 1. The average Bonchev–Trinajstić information content (AvgIpc) is 3.21. The molecule has 1 aromatic heterocycles. The molecule has 1 N–H and O–H groups in total. The molecule has 0 saturated heterocycles. The highest BCUT2D eigenvalue weighted by atomic mass is 16.5. The molecule has 0 saturated carbocycles. The van der Waals surface area contributed by atoms with Gasteiger partial charge >= 0.3 is 0 Å². The van der Waals surface area contributed by atoms with E-state index in [2.05, 4.69) is 29.3 Å². The molecule has 0 aliphatic carbocycles. The molecule has 0 unspecified atom stereocenters. The normalized spacial score (nSPS) is 10.8. The van der Waals surface area contributed by atoms with Gasteiger partial charge in [0, 0.05) is 6.54 Å². The van der Waals surface area contributed by atoms with Crippen LogP contribution >= 0.6 is 0 Å². The molecule has 1 amide bonds. The van der Waals surface area contributed by atoms with Gasteiger partial charge in [-0.15, -0.1) is 0 Å². The first kappa shape index (κ1) is 19.7. The topological polar surface area (TPSA) is 54.7 Å². The SMILES string of the molecule is CCCOc1ccccc1NC(=O)CN(Cc1ccccc1)Cc1ccco1. The first-order valence-electron chi connectivity index (χ1n) is 9.55. The first-order valence-corrected chi connectivity index (χ1v) is 9.55. The molecular weight excluding hydrogens is 352 g/mol. The predicted octanol–water partition coefficient (Wildman–Crippen LogP) is 4.71. The highest BCUT2D eigenvalue weighted by molar-refractivity contribution is 5.93. The summed E-state index contributed by atoms with van der Waals surface area (Å²) in [5.74, 6) is 1.43. The monoisotopic (exact) mass is 378 g/mol. The van der Waals surface area contributed by atoms with Crippen molar-refractivity contribution in [2.75, 3.05) is 18.5 Å². The van der Waals surface area contributed by atoms with E-state index in [0.717, 1.165) is 17.7 Å². The Morgan fingerprint density at radius 3 is 2.54 bits per heavy atom. The van der Waals surface area contributed by atoms with E-state index in [1.54, 1.807) is 6.26 Å². The van der Waals surface area contributed by atoms with Gasteiger partial charge < -0.3 is 14.5 Å². The number of nitrogens with zero attached hydrogens (tertiary/aromatic N) is 1. The van der Waals surface area contributed by atoms with Crippen molar-refractivity contribution in [1.29, 1.82) is 0 Å². The molecule has 1 heterocycles. The number of hydrogen-bond donors (Lipinski definition) is 1. The Morgan fingerprint density at radius 1 is 1.00 bits per heavy atom. The van der Waals surface area contributed by atoms with Gasteiger partial charge in [0.2, 0.25) is 5.91 Å². The van der Waals surface area contributed by atoms with E-state index in [-0.39, 0.29) is 12.5 Å². The molecule has 3 rings (SSSR count). The molecule has 2 aromatic carbocycles. The summed E-state index contributed by atoms with van der Waals surface area (Å²) in [6, 6.07) is 21.4. The summed E-state index contributed by atoms with van der Waals surface area (Å²) in [6.07, 6.45) is 2.56. The Bertz CT molecular complexity index is 847. The lowest BCUT2D eigenvalue weighted by Gasteiger charge is -2.21. The summed E-state index contributed by atoms with van der Waals surface area (Å²) < 4.78 is 11.2. The second-order valence-electron chi connectivity index (χ2n) is 6.60. The third-order valence-corrected chi connectivity index (χ3v) is 4.20. The van der Waals surface area contributed by atoms with Crippen molar-refractivity contribution in [2.45, 2.75) is 26.4 Å². The number of amides is 1. The standard InChI is InChI=1S/C23H26N2O3/c1-2-14-28-22-13-7-6-12-21(22)24-23(26)18-25(17-20-11-8-15-27-20)16-19-9-4-3-5-10-19/h3-13,15H,2,14,16-18H2,1H3,(H,24,26). The van der Waals surface area contributed by atoms with Crippen LogP contribution in [0.2, 0.25) is 0 Å². The second-order valence-corrected chi connectivity index (χ2v) is 6.60. The largest absolute Gasteiger partial charge is 0.491 e. The Kier molecular flexibility index (Phi) is 7.27. The minimum Gasteiger partial charge on any atom is -0.491 e. The summed E-state index contributed by atoms with van der Waals surface area (Å²) in [4.78, 5) is 14.8. The summed E-state index contributed by atoms with van der Waals surface area (Å²) in [7, 11) is 0. The van der Waals surface area contributed by atoms with E-state index >= 15 is 0 Å². The molecule has 0 atom stereocenters. The summed E-state index contributed by atoms with van der Waals surface area (Å²) >= 11 is 0. The molecule has 0 aliphatic rings. The lowest BCUT2D eigenvalue weighted by Crippen LogP contribution is -2.32. The minimum atomic E-state index is -0.0879. The zero-order valence-corrected chi connectivity index (χ0v) is 16.1. The van der Waals surface area contributed by atoms with E-state index in [1.807, 2.05) is 54.6 Å². The van der Waals surface area contributed by atoms with Crippen LogP contribution in [-0.2, 0) is 17.9 Å². The van der Waals surface area contributed by atoms with Crippen LogP contribution in [0.1, 0.15) is 24.7 Å². The zero-order chi connectivity index (χ0) is 19.6. The van der Waals surface area contributed by atoms with Crippen molar-refractivity contribution < 1.29 is 13.9 Å². The van der Waals surface area contributed by atoms with Gasteiger partial charge in [-0.2, -0.15) is 0 Å². The Labute approximate surface area is 165 Å². The number of benzene rings is 2. The number of furan rings is 1. The quantitative estimate of drug-likeness (QED) is 0.555. The molecule has 5 heteroatoms. The van der Waals surface area contributed by atoms with Crippen LogP contribution in [0.25, 0.3) is 0 Å². The van der Waals surface area contributed by atoms with Crippen molar-refractivity contribution in [3.63, 3.8) is 0 Å². The maximum Gasteiger partial charge on any atom is 0.238 e. The summed E-state index contributed by atoms with van der Waals surface area (Å²) in [5, 5.41) is 2.98. The van der Waals surface area contributed by atoms with Crippen LogP contribution in [-0.4, -0.2) is 24.0 Å². The van der Waals surface area contributed by atoms with E-state index in [4.69, 9.17) is 9.15 Å². The fourth-order valence-electron chi connectivity index (χ4n) is 2.93. The number of ether oxygens (including phenoxy) is 1. The molecular formula is C23H26N2O3. The number of rotatable bonds is 10. The molecule has 28 heavy (non-hydrogen) atoms. The summed E-state index contributed by atoms with van der Waals surface area (Å²) in [5.41, 5.74) is 1.84. The van der Waals surface area contributed by atoms with Crippen LogP contribution in [0.5, 0.6) is 5.75 Å². The molecule has 0 spiro atoms. The van der Waals surface area contributed by atoms with Gasteiger partial charge in [0.25, 0.3) is 0 Å². The van der Waals surface area contributed by atoms with Crippen molar-refractivity contribution in [2.24, 2.45) is 0 Å². The lowest BCUT2D eigenvalue weighted by atomic mass is 10.2. The average molecular weight is 378 g/mol. The molecule has 0 fully saturated rings. The lowest BCUT2D eigenvalue weighted by molar-refractivity contribution is -0.117. The van der Waals surface area contributed by atoms with Crippen LogP contribution in [0.4, 0.5) is 5.69 Å². The van der Waals surface area contributed by atoms with E-state index in [0.29, 0.717) is 31.1 Å². The fraction of sp³-hybridized carbons (Fsp3) is 0.261. The number of nitrogens with one attached hydrogen (secondary N) is 1. The smallest absolute Gasteiger partial charge is 0.238 e. The van der Waals surface area contributed by atoms with Gasteiger partial charge in [-0.1, -0.05) is 49.4 Å². The maximum atomic E-state index is 12.7. The van der Waals surface area contributed by atoms with Gasteiger partial charge in [0.15, 0.2) is 0 Å². The Hall–Kier alpha value is -3.05. The van der Waals surface area contributed by atoms with Crippen LogP contribution in [0.15, 0.2) is 77.4 Å². The van der Waals surface area contributed by atoms with Gasteiger partial charge in [0.1, 0.15) is 11.5 Å². The Balaban J connectivity index is 1.67. The maximum absolute atomic E-state index is 12.7. The van der Waals surface area contributed by atoms with E-state index < -0.39 is 0 Å². The van der Waals surface area contributed by atoms with Crippen molar-refractivity contribution in [3.8, 4) is 5.75 Å². The molecule has 3 aromatic rings. The van der Waals surface area contributed by atoms with Gasteiger partial charge in [-0.3, -0.25) is 9.69 Å². The highest BCUT2D eigenvalue weighted by Gasteiger charge is 2.15. The third-order valence-electron chi connectivity index (χ3n) is 4.20. The first-order chi connectivity index (χ1) is 13.7. The van der Waals surface area contributed by atoms with Crippen molar-refractivity contribution in [1.82, 2.24) is 4.90 Å². The van der Waals surface area contributed by atoms with Crippen molar-refractivity contribution in [3.05, 3.63) is 84.3 Å². The fourth-order valence-corrected chi connectivity index (χ4v) is 2.93. The highest BCUT2D eigenvalue weighted by Crippen LogP contribution is 2.24. The third kappa shape index (κ3) is 5.99. The number of para-hydroxylation sites is 2. The number of hydrogen-bond acceptors (Lipinski definition) is 4. The summed E-state index contributed by atoms with van der Waals surface area (Å²) in [6.45, 7) is 4.13. The van der Waals surface area contributed by atoms with E-state index in [9.17, 15) is 4.79 Å². The van der Waals surface area contributed by atoms with Crippen LogP contribution in [0.3, 0.4) is 0 Å². The van der Waals surface area contributed by atoms with Gasteiger partial charge in [-0.25, -0.2) is 0 Å². The van der Waals surface area contributed by atoms with Crippen molar-refractivity contribution >= 4 is 11.6 Å². The number of anilines is 1. The molecule has 0 radical (unpaired) electrons. The van der Waals surface area contributed by atoms with Crippen LogP contribution in [0, 0.1) is 0 Å². The minimum absolute atomic E-state index is 0.0879. The zero-order valence-electron chi connectivity index (χ0n) is 16.1. The molecule has 0 aliphatic heterocycles. The molecule has 0 bridgehead atoms. The van der Waals surface area contributed by atoms with Gasteiger partial charge in [0.05, 0.1) is 31.6 Å². The number of carbonyl (C=O) groups excluding carboxylic acids is 1. The predicted molar refractivity (Wildman–Crippen MR) is 110 cm³/mol.